The van der Waals surface area contributed by atoms with Crippen LogP contribution in [0.5, 0.6) is 0 Å². The van der Waals surface area contributed by atoms with E-state index in [1.165, 1.54) is 103 Å². The van der Waals surface area contributed by atoms with Gasteiger partial charge in [-0.2, -0.15) is 0 Å². The van der Waals surface area contributed by atoms with Crippen LogP contribution in [0.3, 0.4) is 0 Å². The first-order chi connectivity index (χ1) is 15.7. The second-order valence-electron chi connectivity index (χ2n) is 12.4. The molecule has 2 unspecified atom stereocenters. The zero-order valence-electron chi connectivity index (χ0n) is 22.4. The highest BCUT2D eigenvalue weighted by Crippen LogP contribution is 2.57. The second-order valence-corrected chi connectivity index (χ2v) is 12.4. The van der Waals surface area contributed by atoms with Crippen LogP contribution in [0.4, 0.5) is 4.39 Å². The Labute approximate surface area is 211 Å². The molecule has 0 aromatic rings. The maximum Gasteiger partial charge on any atom is 0.0928 e. The fourth-order valence-corrected chi connectivity index (χ4v) is 6.83. The standard InChI is InChI=1S/C29H52B3F/c1-23(30)29(3,32)28(2,31)21-20-26(24-16-12-8-4-5-9-13-17-24)27(22-33)25-18-14-10-6-7-11-15-19-25/h23-27H,4-22H2,1-3H3/t23?,26-,27+,28?,29-/m0/s1. The van der Waals surface area contributed by atoms with E-state index >= 15 is 0 Å². The van der Waals surface area contributed by atoms with E-state index < -0.39 is 10.6 Å². The van der Waals surface area contributed by atoms with Crippen LogP contribution in [-0.4, -0.2) is 30.2 Å². The number of halogens is 1. The van der Waals surface area contributed by atoms with Gasteiger partial charge >= 0.3 is 0 Å². The largest absolute Gasteiger partial charge is 0.251 e. The van der Waals surface area contributed by atoms with Gasteiger partial charge in [0.1, 0.15) is 0 Å². The van der Waals surface area contributed by atoms with Crippen LogP contribution >= 0.6 is 0 Å². The maximum atomic E-state index is 15.0. The highest BCUT2D eigenvalue weighted by Gasteiger charge is 2.40. The van der Waals surface area contributed by atoms with Gasteiger partial charge in [0.2, 0.25) is 0 Å². The van der Waals surface area contributed by atoms with Crippen molar-refractivity contribution >= 4 is 23.5 Å². The van der Waals surface area contributed by atoms with Crippen LogP contribution in [0.1, 0.15) is 136 Å². The van der Waals surface area contributed by atoms with Crippen molar-refractivity contribution in [2.45, 2.75) is 153 Å². The Balaban J connectivity index is 2.24. The van der Waals surface area contributed by atoms with E-state index in [0.717, 1.165) is 12.8 Å². The molecule has 0 N–H and O–H groups in total. The smallest absolute Gasteiger partial charge is 0.0928 e. The van der Waals surface area contributed by atoms with E-state index in [-0.39, 0.29) is 18.4 Å². The zero-order valence-corrected chi connectivity index (χ0v) is 22.4. The number of rotatable bonds is 9. The Morgan fingerprint density at radius 2 is 1.06 bits per heavy atom. The summed E-state index contributed by atoms with van der Waals surface area (Å²) in [6.07, 6.45) is 22.7. The monoisotopic (exact) mass is 452 g/mol. The molecule has 0 amide bonds. The fourth-order valence-electron chi connectivity index (χ4n) is 6.83. The van der Waals surface area contributed by atoms with E-state index in [1.807, 2.05) is 13.8 Å². The minimum Gasteiger partial charge on any atom is -0.251 e. The summed E-state index contributed by atoms with van der Waals surface area (Å²) in [5, 5.41) is -1.20. The van der Waals surface area contributed by atoms with Gasteiger partial charge in [-0.25, -0.2) is 0 Å². The maximum absolute atomic E-state index is 15.0. The number of alkyl halides is 1. The second kappa shape index (κ2) is 14.6. The van der Waals surface area contributed by atoms with Crippen molar-refractivity contribution in [2.75, 3.05) is 6.67 Å². The summed E-state index contributed by atoms with van der Waals surface area (Å²) in [5.74, 6) is 1.59. The summed E-state index contributed by atoms with van der Waals surface area (Å²) in [4.78, 5) is 0. The van der Waals surface area contributed by atoms with Crippen molar-refractivity contribution in [3.05, 3.63) is 0 Å². The first-order valence-corrected chi connectivity index (χ1v) is 14.6. The predicted octanol–water partition coefficient (Wildman–Crippen LogP) is 9.14. The quantitative estimate of drug-likeness (QED) is 0.306. The molecule has 0 nitrogen and oxygen atoms in total. The highest BCUT2D eigenvalue weighted by atomic mass is 19.1. The topological polar surface area (TPSA) is 0 Å². The molecule has 0 saturated heterocycles. The minimum atomic E-state index is -0.640. The molecule has 2 fully saturated rings. The van der Waals surface area contributed by atoms with Crippen molar-refractivity contribution in [3.8, 4) is 0 Å². The van der Waals surface area contributed by atoms with Gasteiger partial charge < -0.3 is 0 Å². The van der Waals surface area contributed by atoms with Gasteiger partial charge in [-0.1, -0.05) is 153 Å². The van der Waals surface area contributed by atoms with Crippen LogP contribution in [0.2, 0.25) is 16.4 Å². The van der Waals surface area contributed by atoms with Gasteiger partial charge in [0, 0.05) is 0 Å². The first kappa shape index (κ1) is 29.4. The molecular formula is C29H52B3F. The first-order valence-electron chi connectivity index (χ1n) is 14.6. The van der Waals surface area contributed by atoms with Crippen molar-refractivity contribution < 1.29 is 4.39 Å². The third-order valence-corrected chi connectivity index (χ3v) is 9.91. The Morgan fingerprint density at radius 3 is 1.42 bits per heavy atom. The van der Waals surface area contributed by atoms with Gasteiger partial charge in [-0.3, -0.25) is 4.39 Å². The average molecular weight is 452 g/mol. The van der Waals surface area contributed by atoms with E-state index in [1.54, 1.807) is 0 Å². The van der Waals surface area contributed by atoms with Gasteiger partial charge in [-0.05, 0) is 23.7 Å². The molecule has 0 spiro atoms. The van der Waals surface area contributed by atoms with Gasteiger partial charge in [-0.15, -0.1) is 0 Å². The summed E-state index contributed by atoms with van der Waals surface area (Å²) in [6.45, 7) is 5.86. The van der Waals surface area contributed by atoms with Gasteiger partial charge in [0.05, 0.1) is 30.2 Å². The number of hydrogen-bond donors (Lipinski definition) is 0. The summed E-state index contributed by atoms with van der Waals surface area (Å²) in [5.41, 5.74) is 0. The van der Waals surface area contributed by atoms with Crippen molar-refractivity contribution in [1.29, 1.82) is 0 Å². The summed E-state index contributed by atoms with van der Waals surface area (Å²) >= 11 is 0. The molecule has 0 bridgehead atoms. The molecular weight excluding hydrogens is 400 g/mol. The summed E-state index contributed by atoms with van der Waals surface area (Å²) < 4.78 is 15.0. The van der Waals surface area contributed by atoms with Gasteiger partial charge in [0.15, 0.2) is 0 Å². The molecule has 5 atom stereocenters. The van der Waals surface area contributed by atoms with Crippen LogP contribution in [0.25, 0.3) is 0 Å². The molecule has 6 radical (unpaired) electrons. The molecule has 0 aliphatic heterocycles. The van der Waals surface area contributed by atoms with E-state index in [2.05, 4.69) is 6.92 Å². The summed E-state index contributed by atoms with van der Waals surface area (Å²) in [7, 11) is 19.7. The average Bonchev–Trinajstić information content (AvgIpc) is 2.99. The molecule has 2 saturated carbocycles. The lowest BCUT2D eigenvalue weighted by atomic mass is 9.38. The molecule has 2 aliphatic carbocycles. The van der Waals surface area contributed by atoms with Crippen LogP contribution in [-0.2, 0) is 0 Å². The molecule has 2 rings (SSSR count). The van der Waals surface area contributed by atoms with E-state index in [0.29, 0.717) is 17.8 Å². The Morgan fingerprint density at radius 1 is 0.697 bits per heavy atom. The van der Waals surface area contributed by atoms with Crippen molar-refractivity contribution in [3.63, 3.8) is 0 Å². The third-order valence-electron chi connectivity index (χ3n) is 9.91. The molecule has 0 aromatic carbocycles. The molecule has 0 heterocycles. The fraction of sp³-hybridized carbons (Fsp3) is 1.00. The normalized spacial score (nSPS) is 27.3. The van der Waals surface area contributed by atoms with Crippen molar-refractivity contribution in [1.82, 2.24) is 0 Å². The van der Waals surface area contributed by atoms with Crippen molar-refractivity contribution in [2.24, 2.45) is 23.7 Å². The molecule has 184 valence electrons. The van der Waals surface area contributed by atoms with Crippen LogP contribution in [0, 0.1) is 23.7 Å². The number of hydrogen-bond acceptors (Lipinski definition) is 0. The lowest BCUT2D eigenvalue weighted by Crippen LogP contribution is -2.35. The molecule has 33 heavy (non-hydrogen) atoms. The van der Waals surface area contributed by atoms with Gasteiger partial charge in [0.25, 0.3) is 0 Å². The highest BCUT2D eigenvalue weighted by molar-refractivity contribution is 6.30. The lowest BCUT2D eigenvalue weighted by Gasteiger charge is -2.48. The third kappa shape index (κ3) is 8.93. The molecule has 0 aromatic heterocycles. The minimum absolute atomic E-state index is 0.166. The zero-order chi connectivity index (χ0) is 24.3. The SMILES string of the molecule is [B]C(C)[C@@]([B])(C)C([B])(C)CC[C@@H](C1CCCCCCCC1)[C@H](CF)C1CCCCCCCC1. The van der Waals surface area contributed by atoms with Crippen LogP contribution in [0.15, 0.2) is 0 Å². The molecule has 2 aliphatic rings. The van der Waals surface area contributed by atoms with E-state index in [9.17, 15) is 4.39 Å². The Kier molecular flexibility index (Phi) is 13.0. The summed E-state index contributed by atoms with van der Waals surface area (Å²) in [6, 6.07) is 0. The predicted molar refractivity (Wildman–Crippen MR) is 146 cm³/mol. The van der Waals surface area contributed by atoms with E-state index in [4.69, 9.17) is 23.5 Å². The molecule has 4 heteroatoms. The van der Waals surface area contributed by atoms with Crippen LogP contribution < -0.4 is 0 Å². The Bertz CT molecular complexity index is 499. The lowest BCUT2D eigenvalue weighted by molar-refractivity contribution is 0.0891. The Hall–Kier alpha value is 0.125.